The monoisotopic (exact) mass is 400 g/mol. The number of esters is 1. The van der Waals surface area contributed by atoms with Gasteiger partial charge in [-0.05, 0) is 43.4 Å². The van der Waals surface area contributed by atoms with E-state index in [0.29, 0.717) is 18.5 Å². The molecule has 1 aliphatic rings. The summed E-state index contributed by atoms with van der Waals surface area (Å²) in [6.07, 6.45) is 4.92. The smallest absolute Gasteiger partial charge is 0.339 e. The Hall–Kier alpha value is -2.25. The van der Waals surface area contributed by atoms with Crippen LogP contribution in [0.15, 0.2) is 29.6 Å². The van der Waals surface area contributed by atoms with Crippen LogP contribution in [-0.2, 0) is 28.8 Å². The fourth-order valence-corrected chi connectivity index (χ4v) is 5.34. The molecule has 0 aliphatic heterocycles. The molecule has 0 unspecified atom stereocenters. The van der Waals surface area contributed by atoms with E-state index in [1.165, 1.54) is 11.3 Å². The fraction of sp³-hybridized carbons (Fsp3) is 0.350. The SMILES string of the molecule is O=C(COC(=O)c1csc2c1CCCC2)NCCc1nc2ccccc2s1. The molecule has 0 saturated carbocycles. The number of hydrogen-bond acceptors (Lipinski definition) is 6. The Balaban J connectivity index is 1.23. The third kappa shape index (κ3) is 4.20. The first-order chi connectivity index (χ1) is 13.2. The lowest BCUT2D eigenvalue weighted by atomic mass is 9.96. The van der Waals surface area contributed by atoms with Gasteiger partial charge in [0.25, 0.3) is 5.91 Å². The number of aryl methyl sites for hydroxylation is 1. The number of fused-ring (bicyclic) bond motifs is 2. The van der Waals surface area contributed by atoms with Crippen LogP contribution in [0.1, 0.15) is 38.6 Å². The molecule has 4 rings (SSSR count). The zero-order valence-electron chi connectivity index (χ0n) is 14.8. The van der Waals surface area contributed by atoms with Crippen LogP contribution >= 0.6 is 22.7 Å². The first-order valence-electron chi connectivity index (χ1n) is 9.08. The zero-order chi connectivity index (χ0) is 18.6. The number of aromatic nitrogens is 1. The van der Waals surface area contributed by atoms with E-state index >= 15 is 0 Å². The standard InChI is InChI=1S/C20H20N2O3S2/c23-18(21-10-9-19-22-15-6-2-4-8-17(15)27-19)11-25-20(24)14-12-26-16-7-3-1-5-13(14)16/h2,4,6,8,12H,1,3,5,7,9-11H2,(H,21,23). The summed E-state index contributed by atoms with van der Waals surface area (Å²) >= 11 is 3.25. The molecule has 1 amide bonds. The van der Waals surface area contributed by atoms with Crippen molar-refractivity contribution in [3.05, 3.63) is 50.7 Å². The average Bonchev–Trinajstić information content (AvgIpc) is 3.29. The van der Waals surface area contributed by atoms with Gasteiger partial charge in [0.1, 0.15) is 0 Å². The van der Waals surface area contributed by atoms with Gasteiger partial charge in [-0.25, -0.2) is 9.78 Å². The van der Waals surface area contributed by atoms with Crippen molar-refractivity contribution in [1.29, 1.82) is 0 Å². The summed E-state index contributed by atoms with van der Waals surface area (Å²) in [5.41, 5.74) is 2.74. The van der Waals surface area contributed by atoms with Gasteiger partial charge in [-0.2, -0.15) is 0 Å². The number of thiazole rings is 1. The number of amides is 1. The van der Waals surface area contributed by atoms with E-state index in [-0.39, 0.29) is 12.5 Å². The van der Waals surface area contributed by atoms with Gasteiger partial charge in [-0.1, -0.05) is 12.1 Å². The van der Waals surface area contributed by atoms with Crippen molar-refractivity contribution in [2.24, 2.45) is 0 Å². The highest BCUT2D eigenvalue weighted by molar-refractivity contribution is 7.18. The van der Waals surface area contributed by atoms with Crippen molar-refractivity contribution in [3.8, 4) is 0 Å². The summed E-state index contributed by atoms with van der Waals surface area (Å²) in [4.78, 5) is 30.1. The van der Waals surface area contributed by atoms with Crippen molar-refractivity contribution in [1.82, 2.24) is 10.3 Å². The Morgan fingerprint density at radius 3 is 2.93 bits per heavy atom. The van der Waals surface area contributed by atoms with Crippen LogP contribution in [0.4, 0.5) is 0 Å². The molecule has 5 nitrogen and oxygen atoms in total. The maximum atomic E-state index is 12.3. The molecule has 0 radical (unpaired) electrons. The fourth-order valence-electron chi connectivity index (χ4n) is 3.26. The normalized spacial score (nSPS) is 13.3. The lowest BCUT2D eigenvalue weighted by molar-refractivity contribution is -0.124. The Morgan fingerprint density at radius 1 is 1.19 bits per heavy atom. The Bertz CT molecular complexity index is 944. The molecular formula is C20H20N2O3S2. The molecule has 7 heteroatoms. The van der Waals surface area contributed by atoms with Crippen LogP contribution < -0.4 is 5.32 Å². The lowest BCUT2D eigenvalue weighted by Gasteiger charge is -2.12. The molecule has 1 aromatic carbocycles. The average molecular weight is 401 g/mol. The van der Waals surface area contributed by atoms with Gasteiger partial charge in [0.15, 0.2) is 6.61 Å². The predicted molar refractivity (Wildman–Crippen MR) is 108 cm³/mol. The Kier molecular flexibility index (Phi) is 5.50. The van der Waals surface area contributed by atoms with E-state index in [9.17, 15) is 9.59 Å². The van der Waals surface area contributed by atoms with E-state index in [1.54, 1.807) is 22.7 Å². The number of thiophene rings is 1. The number of hydrogen-bond donors (Lipinski definition) is 1. The van der Waals surface area contributed by atoms with E-state index in [2.05, 4.69) is 10.3 Å². The molecule has 0 fully saturated rings. The number of ether oxygens (including phenoxy) is 1. The third-order valence-corrected chi connectivity index (χ3v) is 6.80. The van der Waals surface area contributed by atoms with Gasteiger partial charge in [0.2, 0.25) is 0 Å². The van der Waals surface area contributed by atoms with E-state index < -0.39 is 5.97 Å². The Labute approximate surface area is 165 Å². The van der Waals surface area contributed by atoms with Crippen LogP contribution in [0.3, 0.4) is 0 Å². The first kappa shape index (κ1) is 18.1. The third-order valence-electron chi connectivity index (χ3n) is 4.61. The van der Waals surface area contributed by atoms with Crippen molar-refractivity contribution >= 4 is 44.8 Å². The highest BCUT2D eigenvalue weighted by Crippen LogP contribution is 2.30. The van der Waals surface area contributed by atoms with Crippen molar-refractivity contribution in [3.63, 3.8) is 0 Å². The van der Waals surface area contributed by atoms with E-state index in [1.807, 2.05) is 29.6 Å². The number of rotatable bonds is 6. The molecule has 1 aliphatic carbocycles. The van der Waals surface area contributed by atoms with Gasteiger partial charge in [0, 0.05) is 23.2 Å². The molecule has 0 saturated heterocycles. The van der Waals surface area contributed by atoms with Crippen LogP contribution in [0.5, 0.6) is 0 Å². The van der Waals surface area contributed by atoms with Gasteiger partial charge in [-0.15, -0.1) is 22.7 Å². The summed E-state index contributed by atoms with van der Waals surface area (Å²) < 4.78 is 6.35. The molecule has 27 heavy (non-hydrogen) atoms. The molecule has 3 aromatic rings. The number of nitrogens with zero attached hydrogens (tertiary/aromatic N) is 1. The predicted octanol–water partition coefficient (Wildman–Crippen LogP) is 3.75. The van der Waals surface area contributed by atoms with Crippen LogP contribution in [-0.4, -0.2) is 30.0 Å². The quantitative estimate of drug-likeness (QED) is 0.640. The lowest BCUT2D eigenvalue weighted by Crippen LogP contribution is -2.30. The molecule has 1 N–H and O–H groups in total. The molecule has 0 spiro atoms. The van der Waals surface area contributed by atoms with Gasteiger partial charge in [0.05, 0.1) is 20.8 Å². The highest BCUT2D eigenvalue weighted by Gasteiger charge is 2.21. The maximum Gasteiger partial charge on any atom is 0.339 e. The minimum atomic E-state index is -0.393. The summed E-state index contributed by atoms with van der Waals surface area (Å²) in [7, 11) is 0. The van der Waals surface area contributed by atoms with Crippen LogP contribution in [0.25, 0.3) is 10.2 Å². The molecule has 0 atom stereocenters. The molecule has 0 bridgehead atoms. The minimum Gasteiger partial charge on any atom is -0.452 e. The van der Waals surface area contributed by atoms with Crippen LogP contribution in [0, 0.1) is 0 Å². The van der Waals surface area contributed by atoms with Gasteiger partial charge >= 0.3 is 5.97 Å². The molecular weight excluding hydrogens is 380 g/mol. The zero-order valence-corrected chi connectivity index (χ0v) is 16.5. The molecule has 2 aromatic heterocycles. The summed E-state index contributed by atoms with van der Waals surface area (Å²) in [5.74, 6) is -0.677. The maximum absolute atomic E-state index is 12.3. The van der Waals surface area contributed by atoms with E-state index in [0.717, 1.165) is 40.1 Å². The summed E-state index contributed by atoms with van der Waals surface area (Å²) in [6, 6.07) is 7.98. The highest BCUT2D eigenvalue weighted by atomic mass is 32.1. The second-order valence-corrected chi connectivity index (χ2v) is 8.59. The summed E-state index contributed by atoms with van der Waals surface area (Å²) in [5, 5.41) is 5.64. The second-order valence-electron chi connectivity index (χ2n) is 6.51. The molecule has 2 heterocycles. The van der Waals surface area contributed by atoms with E-state index in [4.69, 9.17) is 4.74 Å². The second kappa shape index (κ2) is 8.19. The summed E-state index contributed by atoms with van der Waals surface area (Å²) in [6.45, 7) is 0.230. The van der Waals surface area contributed by atoms with Crippen molar-refractivity contribution < 1.29 is 14.3 Å². The van der Waals surface area contributed by atoms with Gasteiger partial charge in [-0.3, -0.25) is 4.79 Å². The largest absolute Gasteiger partial charge is 0.452 e. The number of carbonyl (C=O) groups excluding carboxylic acids is 2. The minimum absolute atomic E-state index is 0.247. The van der Waals surface area contributed by atoms with Crippen molar-refractivity contribution in [2.45, 2.75) is 32.1 Å². The number of nitrogens with one attached hydrogen (secondary N) is 1. The number of para-hydroxylation sites is 1. The number of benzene rings is 1. The van der Waals surface area contributed by atoms with Crippen LogP contribution in [0.2, 0.25) is 0 Å². The topological polar surface area (TPSA) is 68.3 Å². The van der Waals surface area contributed by atoms with Crippen molar-refractivity contribution in [2.75, 3.05) is 13.2 Å². The Morgan fingerprint density at radius 2 is 2.04 bits per heavy atom. The molecule has 140 valence electrons. The van der Waals surface area contributed by atoms with Gasteiger partial charge < -0.3 is 10.1 Å². The first-order valence-corrected chi connectivity index (χ1v) is 10.8. The number of carbonyl (C=O) groups is 2.